The van der Waals surface area contributed by atoms with E-state index in [0.29, 0.717) is 6.54 Å². The summed E-state index contributed by atoms with van der Waals surface area (Å²) >= 11 is 3.31. The highest BCUT2D eigenvalue weighted by Crippen LogP contribution is 2.15. The van der Waals surface area contributed by atoms with Crippen molar-refractivity contribution in [3.63, 3.8) is 0 Å². The second-order valence-electron chi connectivity index (χ2n) is 6.48. The largest absolute Gasteiger partial charge is 0.497 e. The standard InChI is InChI=1S/C11H16N2O2.C6H5Br.C5H11N.C2H6/c1-4-13(2)11(14)12-9-5-7-10(15-3)8-6-9;7-6-4-2-1-3-5-6;1-6-4-2-3-5-6;1-2/h5-8H,4H2,1-3H3,(H,12,14);1-5H;2-5H2,1H3;1-2H3. The first-order valence-electron chi connectivity index (χ1n) is 10.5. The summed E-state index contributed by atoms with van der Waals surface area (Å²) in [5, 5.41) is 2.78. The number of ether oxygens (including phenoxy) is 1. The first kappa shape index (κ1) is 27.9. The molecule has 0 saturated carbocycles. The van der Waals surface area contributed by atoms with E-state index >= 15 is 0 Å². The van der Waals surface area contributed by atoms with Crippen LogP contribution in [0.5, 0.6) is 5.75 Å². The Bertz CT molecular complexity index is 660. The number of anilines is 1. The lowest BCUT2D eigenvalue weighted by molar-refractivity contribution is 0.224. The number of likely N-dealkylation sites (tertiary alicyclic amines) is 1. The molecule has 5 nitrogen and oxygen atoms in total. The van der Waals surface area contributed by atoms with E-state index in [1.54, 1.807) is 31.2 Å². The van der Waals surface area contributed by atoms with Crippen molar-refractivity contribution in [2.45, 2.75) is 33.6 Å². The minimum Gasteiger partial charge on any atom is -0.497 e. The first-order valence-corrected chi connectivity index (χ1v) is 11.3. The van der Waals surface area contributed by atoms with Gasteiger partial charge < -0.3 is 19.9 Å². The van der Waals surface area contributed by atoms with Gasteiger partial charge in [-0.25, -0.2) is 4.79 Å². The van der Waals surface area contributed by atoms with Crippen molar-refractivity contribution < 1.29 is 9.53 Å². The molecule has 2 amide bonds. The lowest BCUT2D eigenvalue weighted by atomic mass is 10.3. The summed E-state index contributed by atoms with van der Waals surface area (Å²) in [5.41, 5.74) is 0.765. The molecule has 1 N–H and O–H groups in total. The van der Waals surface area contributed by atoms with E-state index in [4.69, 9.17) is 4.74 Å². The molecule has 0 aromatic heterocycles. The van der Waals surface area contributed by atoms with Gasteiger partial charge in [0.2, 0.25) is 0 Å². The lowest BCUT2D eigenvalue weighted by Crippen LogP contribution is -2.30. The minimum atomic E-state index is -0.109. The van der Waals surface area contributed by atoms with Gasteiger partial charge in [0.05, 0.1) is 7.11 Å². The van der Waals surface area contributed by atoms with Crippen molar-refractivity contribution in [2.24, 2.45) is 0 Å². The maximum Gasteiger partial charge on any atom is 0.321 e. The van der Waals surface area contributed by atoms with E-state index < -0.39 is 0 Å². The molecule has 30 heavy (non-hydrogen) atoms. The fraction of sp³-hybridized carbons (Fsp3) is 0.458. The van der Waals surface area contributed by atoms with E-state index in [1.807, 2.05) is 63.2 Å². The van der Waals surface area contributed by atoms with E-state index in [2.05, 4.69) is 33.2 Å². The van der Waals surface area contributed by atoms with Gasteiger partial charge in [-0.05, 0) is 76.3 Å². The number of nitrogens with one attached hydrogen (secondary N) is 1. The van der Waals surface area contributed by atoms with Gasteiger partial charge >= 0.3 is 6.03 Å². The molecule has 168 valence electrons. The molecular weight excluding hydrogens is 442 g/mol. The molecule has 1 aliphatic rings. The Morgan fingerprint density at radius 3 is 1.93 bits per heavy atom. The number of carbonyl (C=O) groups is 1. The fourth-order valence-corrected chi connectivity index (χ4v) is 2.63. The van der Waals surface area contributed by atoms with Crippen molar-refractivity contribution in [1.82, 2.24) is 9.80 Å². The molecule has 0 radical (unpaired) electrons. The third kappa shape index (κ3) is 13.2. The number of rotatable bonds is 3. The van der Waals surface area contributed by atoms with Crippen LogP contribution in [0.1, 0.15) is 33.6 Å². The zero-order valence-corrected chi connectivity index (χ0v) is 20.9. The highest BCUT2D eigenvalue weighted by molar-refractivity contribution is 9.10. The molecule has 0 spiro atoms. The van der Waals surface area contributed by atoms with E-state index in [1.165, 1.54) is 25.9 Å². The van der Waals surface area contributed by atoms with Crippen LogP contribution in [0.25, 0.3) is 0 Å². The average Bonchev–Trinajstić information content (AvgIpc) is 3.27. The summed E-state index contributed by atoms with van der Waals surface area (Å²) in [6, 6.07) is 17.1. The number of hydrogen-bond acceptors (Lipinski definition) is 3. The Balaban J connectivity index is 0.000000461. The number of methoxy groups -OCH3 is 1. The molecule has 0 bridgehead atoms. The van der Waals surface area contributed by atoms with Gasteiger partial charge in [0.15, 0.2) is 0 Å². The predicted molar refractivity (Wildman–Crippen MR) is 133 cm³/mol. The van der Waals surface area contributed by atoms with E-state index in [-0.39, 0.29) is 6.03 Å². The van der Waals surface area contributed by atoms with Crippen LogP contribution in [0.4, 0.5) is 10.5 Å². The average molecular weight is 480 g/mol. The van der Waals surface area contributed by atoms with Gasteiger partial charge in [-0.15, -0.1) is 0 Å². The van der Waals surface area contributed by atoms with Crippen LogP contribution in [0.2, 0.25) is 0 Å². The van der Waals surface area contributed by atoms with E-state index in [9.17, 15) is 4.79 Å². The van der Waals surface area contributed by atoms with Crippen LogP contribution in [-0.4, -0.2) is 56.7 Å². The number of benzene rings is 2. The lowest BCUT2D eigenvalue weighted by Gasteiger charge is -2.15. The van der Waals surface area contributed by atoms with Crippen LogP contribution in [0.15, 0.2) is 59.1 Å². The Morgan fingerprint density at radius 1 is 1.07 bits per heavy atom. The fourth-order valence-electron chi connectivity index (χ4n) is 2.33. The van der Waals surface area contributed by atoms with Crippen molar-refractivity contribution >= 4 is 27.6 Å². The van der Waals surface area contributed by atoms with Crippen LogP contribution in [0, 0.1) is 0 Å². The molecule has 6 heteroatoms. The SMILES string of the molecule is Brc1ccccc1.CC.CCN(C)C(=O)Nc1ccc(OC)cc1.CN1CCCC1. The molecule has 0 atom stereocenters. The molecule has 0 unspecified atom stereocenters. The number of amides is 2. The van der Waals surface area contributed by atoms with Crippen molar-refractivity contribution in [2.75, 3.05) is 46.2 Å². The number of nitrogens with zero attached hydrogens (tertiary/aromatic N) is 2. The summed E-state index contributed by atoms with van der Waals surface area (Å²) in [5.74, 6) is 0.775. The summed E-state index contributed by atoms with van der Waals surface area (Å²) in [6.07, 6.45) is 2.83. The van der Waals surface area contributed by atoms with Crippen molar-refractivity contribution in [3.05, 3.63) is 59.1 Å². The predicted octanol–water partition coefficient (Wildman–Crippen LogP) is 6.37. The second kappa shape index (κ2) is 17.8. The topological polar surface area (TPSA) is 44.8 Å². The smallest absolute Gasteiger partial charge is 0.321 e. The summed E-state index contributed by atoms with van der Waals surface area (Å²) in [4.78, 5) is 15.4. The molecule has 3 rings (SSSR count). The number of hydrogen-bond donors (Lipinski definition) is 1. The molecule has 2 aromatic carbocycles. The molecule has 1 fully saturated rings. The Hall–Kier alpha value is -2.05. The third-order valence-electron chi connectivity index (χ3n) is 4.23. The van der Waals surface area contributed by atoms with Crippen LogP contribution < -0.4 is 10.1 Å². The van der Waals surface area contributed by atoms with Gasteiger partial charge in [-0.2, -0.15) is 0 Å². The maximum atomic E-state index is 11.5. The maximum absolute atomic E-state index is 11.5. The number of carbonyl (C=O) groups excluding carboxylic acids is 1. The second-order valence-corrected chi connectivity index (χ2v) is 7.39. The van der Waals surface area contributed by atoms with Crippen LogP contribution in [-0.2, 0) is 0 Å². The van der Waals surface area contributed by atoms with Gasteiger partial charge in [0, 0.05) is 23.8 Å². The van der Waals surface area contributed by atoms with Crippen molar-refractivity contribution in [1.29, 1.82) is 0 Å². The Kier molecular flexibility index (Phi) is 16.6. The Labute approximate surface area is 191 Å². The number of urea groups is 1. The molecule has 0 aliphatic carbocycles. The van der Waals surface area contributed by atoms with Gasteiger partial charge in [-0.3, -0.25) is 0 Å². The summed E-state index contributed by atoms with van der Waals surface area (Å²) in [7, 11) is 5.53. The highest BCUT2D eigenvalue weighted by Gasteiger charge is 2.05. The van der Waals surface area contributed by atoms with Gasteiger partial charge in [0.25, 0.3) is 0 Å². The summed E-state index contributed by atoms with van der Waals surface area (Å²) in [6.45, 7) is 9.25. The molecular formula is C24H38BrN3O2. The Morgan fingerprint density at radius 2 is 1.60 bits per heavy atom. The van der Waals surface area contributed by atoms with Gasteiger partial charge in [0.1, 0.15) is 5.75 Å². The molecule has 1 aliphatic heterocycles. The zero-order chi connectivity index (χ0) is 22.8. The van der Waals surface area contributed by atoms with Gasteiger partial charge in [-0.1, -0.05) is 48.0 Å². The summed E-state index contributed by atoms with van der Waals surface area (Å²) < 4.78 is 6.15. The van der Waals surface area contributed by atoms with Crippen LogP contribution in [0.3, 0.4) is 0 Å². The molecule has 1 saturated heterocycles. The van der Waals surface area contributed by atoms with Crippen molar-refractivity contribution in [3.8, 4) is 5.75 Å². The number of halogens is 1. The molecule has 2 aromatic rings. The van der Waals surface area contributed by atoms with E-state index in [0.717, 1.165) is 15.9 Å². The zero-order valence-electron chi connectivity index (χ0n) is 19.3. The third-order valence-corrected chi connectivity index (χ3v) is 4.75. The van der Waals surface area contributed by atoms with Crippen LogP contribution >= 0.6 is 15.9 Å². The monoisotopic (exact) mass is 479 g/mol. The minimum absolute atomic E-state index is 0.109. The normalized spacial score (nSPS) is 12.1. The first-order chi connectivity index (χ1) is 14.5. The molecule has 1 heterocycles. The quantitative estimate of drug-likeness (QED) is 0.556. The highest BCUT2D eigenvalue weighted by atomic mass is 79.9.